The van der Waals surface area contributed by atoms with Gasteiger partial charge in [-0.2, -0.15) is 0 Å². The van der Waals surface area contributed by atoms with Crippen LogP contribution in [0.3, 0.4) is 0 Å². The van der Waals surface area contributed by atoms with E-state index in [1.165, 1.54) is 0 Å². The SMILES string of the molecule is CCCP(=O)([O-])[O-].[K+].[K+]. The third kappa shape index (κ3) is 18.4. The normalized spacial score (nSPS) is 9.22. The Kier molecular flexibility index (Phi) is 19.3. The van der Waals surface area contributed by atoms with Crippen molar-refractivity contribution >= 4 is 7.60 Å². The van der Waals surface area contributed by atoms with E-state index < -0.39 is 7.60 Å². The molecule has 44 valence electrons. The average molecular weight is 200 g/mol. The summed E-state index contributed by atoms with van der Waals surface area (Å²) in [6, 6.07) is 0. The van der Waals surface area contributed by atoms with Crippen LogP contribution in [0.25, 0.3) is 0 Å². The molecule has 0 aliphatic heterocycles. The molecule has 0 amide bonds. The molecular weight excluding hydrogens is 193 g/mol. The minimum Gasteiger partial charge on any atom is -0.811 e. The van der Waals surface area contributed by atoms with Crippen molar-refractivity contribution in [1.29, 1.82) is 0 Å². The zero-order valence-corrected chi connectivity index (χ0v) is 13.2. The van der Waals surface area contributed by atoms with Gasteiger partial charge in [0.05, 0.1) is 0 Å². The standard InChI is InChI=1S/C3H9O3P.2K/c1-2-3-7(4,5)6;;/h2-3H2,1H3,(H2,4,5,6);;/q;2*+1/p-2. The first kappa shape index (κ1) is 18.3. The summed E-state index contributed by atoms with van der Waals surface area (Å²) in [7, 11) is -4.17. The predicted molar refractivity (Wildman–Crippen MR) is 22.8 cm³/mol. The van der Waals surface area contributed by atoms with Crippen molar-refractivity contribution in [2.75, 3.05) is 6.16 Å². The van der Waals surface area contributed by atoms with Crippen LogP contribution < -0.4 is 113 Å². The van der Waals surface area contributed by atoms with E-state index in [0.29, 0.717) is 6.42 Å². The first-order valence-corrected chi connectivity index (χ1v) is 3.80. The molecule has 0 aliphatic carbocycles. The Hall–Kier alpha value is 3.42. The minimum absolute atomic E-state index is 0. The van der Waals surface area contributed by atoms with E-state index in [9.17, 15) is 14.4 Å². The van der Waals surface area contributed by atoms with E-state index in [0.717, 1.165) is 0 Å². The van der Waals surface area contributed by atoms with Gasteiger partial charge in [-0.05, 0) is 6.16 Å². The number of rotatable bonds is 2. The molecule has 9 heavy (non-hydrogen) atoms. The molecular formula is C3H7K2O3P. The summed E-state index contributed by atoms with van der Waals surface area (Å²) >= 11 is 0. The van der Waals surface area contributed by atoms with Crippen LogP contribution in [0, 0.1) is 0 Å². The van der Waals surface area contributed by atoms with Crippen LogP contribution in [0.1, 0.15) is 13.3 Å². The van der Waals surface area contributed by atoms with Crippen molar-refractivity contribution in [1.82, 2.24) is 0 Å². The maximum Gasteiger partial charge on any atom is 1.00 e. The van der Waals surface area contributed by atoms with E-state index in [1.54, 1.807) is 6.92 Å². The first-order valence-electron chi connectivity index (χ1n) is 2.07. The quantitative estimate of drug-likeness (QED) is 0.329. The summed E-state index contributed by atoms with van der Waals surface area (Å²) in [6.07, 6.45) is 0.206. The van der Waals surface area contributed by atoms with Gasteiger partial charge in [-0.25, -0.2) is 0 Å². The van der Waals surface area contributed by atoms with Gasteiger partial charge >= 0.3 is 103 Å². The second-order valence-corrected chi connectivity index (χ2v) is 3.00. The molecule has 6 heteroatoms. The third-order valence-corrected chi connectivity index (χ3v) is 1.49. The van der Waals surface area contributed by atoms with Gasteiger partial charge in [0.1, 0.15) is 0 Å². The molecule has 0 spiro atoms. The summed E-state index contributed by atoms with van der Waals surface area (Å²) in [5.74, 6) is 0. The van der Waals surface area contributed by atoms with Crippen molar-refractivity contribution in [3.63, 3.8) is 0 Å². The van der Waals surface area contributed by atoms with E-state index in [2.05, 4.69) is 0 Å². The molecule has 0 atom stereocenters. The molecule has 0 N–H and O–H groups in total. The van der Waals surface area contributed by atoms with Gasteiger partial charge in [0.15, 0.2) is 0 Å². The maximum absolute atomic E-state index is 9.70. The van der Waals surface area contributed by atoms with Crippen molar-refractivity contribution in [2.24, 2.45) is 0 Å². The Morgan fingerprint density at radius 3 is 1.67 bits per heavy atom. The second-order valence-electron chi connectivity index (χ2n) is 1.33. The van der Waals surface area contributed by atoms with Gasteiger partial charge in [0.2, 0.25) is 0 Å². The molecule has 0 rings (SSSR count). The maximum atomic E-state index is 9.70. The Morgan fingerprint density at radius 2 is 1.67 bits per heavy atom. The number of hydrogen-bond donors (Lipinski definition) is 0. The molecule has 0 aromatic rings. The van der Waals surface area contributed by atoms with E-state index in [-0.39, 0.29) is 109 Å². The topological polar surface area (TPSA) is 63.2 Å². The molecule has 3 nitrogen and oxygen atoms in total. The van der Waals surface area contributed by atoms with Gasteiger partial charge in [0.25, 0.3) is 0 Å². The van der Waals surface area contributed by atoms with Crippen LogP contribution in [0.2, 0.25) is 0 Å². The first-order chi connectivity index (χ1) is 3.06. The van der Waals surface area contributed by atoms with Gasteiger partial charge in [0, 0.05) is 0 Å². The summed E-state index contributed by atoms with van der Waals surface area (Å²) in [6.45, 7) is 1.66. The van der Waals surface area contributed by atoms with E-state index in [1.807, 2.05) is 0 Å². The van der Waals surface area contributed by atoms with Crippen molar-refractivity contribution in [2.45, 2.75) is 13.3 Å². The summed E-state index contributed by atoms with van der Waals surface area (Å²) < 4.78 is 9.70. The van der Waals surface area contributed by atoms with Crippen LogP contribution in [-0.2, 0) is 4.57 Å². The Bertz CT molecular complexity index is 91.1. The second kappa shape index (κ2) is 9.51. The van der Waals surface area contributed by atoms with Crippen molar-refractivity contribution < 1.29 is 117 Å². The van der Waals surface area contributed by atoms with Crippen molar-refractivity contribution in [3.05, 3.63) is 0 Å². The van der Waals surface area contributed by atoms with Crippen molar-refractivity contribution in [3.8, 4) is 0 Å². The fourth-order valence-corrected chi connectivity index (χ4v) is 0.822. The van der Waals surface area contributed by atoms with Crippen LogP contribution in [0.4, 0.5) is 0 Å². The Balaban J connectivity index is -0.000000180. The average Bonchev–Trinajstić information content (AvgIpc) is 1.30. The summed E-state index contributed by atoms with van der Waals surface area (Å²) in [5.41, 5.74) is 0. The molecule has 0 saturated heterocycles. The van der Waals surface area contributed by atoms with E-state index in [4.69, 9.17) is 0 Å². The van der Waals surface area contributed by atoms with Gasteiger partial charge in [-0.1, -0.05) is 20.9 Å². The molecule has 0 saturated carbocycles. The fourth-order valence-electron chi connectivity index (χ4n) is 0.274. The van der Waals surface area contributed by atoms with Gasteiger partial charge in [-0.3, -0.25) is 0 Å². The molecule has 0 unspecified atom stereocenters. The molecule has 0 fully saturated rings. The number of hydrogen-bond acceptors (Lipinski definition) is 3. The smallest absolute Gasteiger partial charge is 0.811 e. The Morgan fingerprint density at radius 1 is 1.33 bits per heavy atom. The Labute approximate surface area is 140 Å². The van der Waals surface area contributed by atoms with Gasteiger partial charge in [-0.15, -0.1) is 0 Å². The molecule has 0 aromatic carbocycles. The summed E-state index contributed by atoms with van der Waals surface area (Å²) in [4.78, 5) is 19.4. The monoisotopic (exact) mass is 200 g/mol. The van der Waals surface area contributed by atoms with Crippen LogP contribution in [0.15, 0.2) is 0 Å². The van der Waals surface area contributed by atoms with Gasteiger partial charge < -0.3 is 14.4 Å². The molecule has 0 aromatic heterocycles. The third-order valence-electron chi connectivity index (χ3n) is 0.497. The fraction of sp³-hybridized carbons (Fsp3) is 1.00. The zero-order chi connectivity index (χ0) is 5.91. The van der Waals surface area contributed by atoms with Crippen LogP contribution >= 0.6 is 7.60 Å². The molecule has 0 radical (unpaired) electrons. The minimum atomic E-state index is -4.17. The zero-order valence-electron chi connectivity index (χ0n) is 6.09. The summed E-state index contributed by atoms with van der Waals surface area (Å²) in [5, 5.41) is 0. The molecule has 0 heterocycles. The largest absolute Gasteiger partial charge is 1.00 e. The predicted octanol–water partition coefficient (Wildman–Crippen LogP) is -6.68. The molecule has 0 aliphatic rings. The van der Waals surface area contributed by atoms with Crippen LogP contribution in [0.5, 0.6) is 0 Å². The van der Waals surface area contributed by atoms with E-state index >= 15 is 0 Å². The van der Waals surface area contributed by atoms with Crippen LogP contribution in [-0.4, -0.2) is 6.16 Å². The molecule has 0 bridgehead atoms.